The maximum absolute atomic E-state index is 13.0. The largest absolute Gasteiger partial charge is 0.355 e. The van der Waals surface area contributed by atoms with Crippen molar-refractivity contribution in [2.24, 2.45) is 0 Å². The smallest absolute Gasteiger partial charge is 0.272 e. The van der Waals surface area contributed by atoms with Crippen LogP contribution < -0.4 is 15.8 Å². The number of nitrogens with one attached hydrogen (secondary N) is 1. The number of fused-ring (bicyclic) bond motifs is 1. The molecular weight excluding hydrogens is 384 g/mol. The van der Waals surface area contributed by atoms with E-state index in [9.17, 15) is 9.59 Å². The third-order valence-corrected chi connectivity index (χ3v) is 6.36. The fraction of sp³-hybridized carbons (Fsp3) is 0.409. The summed E-state index contributed by atoms with van der Waals surface area (Å²) in [5.74, 6) is 0.898. The Morgan fingerprint density at radius 2 is 1.97 bits per heavy atom. The average molecular weight is 411 g/mol. The minimum Gasteiger partial charge on any atom is -0.355 e. The zero-order chi connectivity index (χ0) is 20.2. The summed E-state index contributed by atoms with van der Waals surface area (Å²) >= 11 is 1.41. The van der Waals surface area contributed by atoms with Crippen molar-refractivity contribution in [3.8, 4) is 0 Å². The Morgan fingerprint density at radius 1 is 1.21 bits per heavy atom. The number of benzene rings is 1. The van der Waals surface area contributed by atoms with Gasteiger partial charge in [0.1, 0.15) is 4.70 Å². The predicted molar refractivity (Wildman–Crippen MR) is 118 cm³/mol. The molecule has 0 saturated carbocycles. The number of amides is 1. The molecule has 0 radical (unpaired) electrons. The number of rotatable bonds is 7. The number of aromatic nitrogens is 2. The van der Waals surface area contributed by atoms with Crippen LogP contribution in [0.25, 0.3) is 10.2 Å². The van der Waals surface area contributed by atoms with Gasteiger partial charge in [0.25, 0.3) is 5.56 Å². The number of carbonyl (C=O) groups excluding carboxylic acids is 1. The molecule has 4 rings (SSSR count). The standard InChI is InChI=1S/C22H26N4O2S/c1-16(17-7-3-2-4-8-17)15-23-19(27)9-13-26-21(28)20-18(10-14-29-20)24-22(26)25-11-5-6-12-25/h2-4,7-8,10,14,16H,5-6,9,11-13,15H2,1H3,(H,23,27)/t16-/m1/s1. The first-order valence-electron chi connectivity index (χ1n) is 10.2. The Hall–Kier alpha value is -2.67. The predicted octanol–water partition coefficient (Wildman–Crippen LogP) is 3.37. The highest BCUT2D eigenvalue weighted by molar-refractivity contribution is 7.17. The number of nitrogens with zero attached hydrogens (tertiary/aromatic N) is 3. The second-order valence-corrected chi connectivity index (χ2v) is 8.48. The average Bonchev–Trinajstić information content (AvgIpc) is 3.43. The van der Waals surface area contributed by atoms with E-state index in [2.05, 4.69) is 29.3 Å². The van der Waals surface area contributed by atoms with Gasteiger partial charge in [0.05, 0.1) is 5.52 Å². The molecule has 0 spiro atoms. The maximum atomic E-state index is 13.0. The fourth-order valence-electron chi connectivity index (χ4n) is 3.76. The molecule has 152 valence electrons. The van der Waals surface area contributed by atoms with Gasteiger partial charge in [-0.25, -0.2) is 4.98 Å². The van der Waals surface area contributed by atoms with E-state index in [4.69, 9.17) is 4.98 Å². The van der Waals surface area contributed by atoms with E-state index in [0.717, 1.165) is 31.4 Å². The van der Waals surface area contributed by atoms with E-state index in [1.54, 1.807) is 4.57 Å². The highest BCUT2D eigenvalue weighted by atomic mass is 32.1. The zero-order valence-electron chi connectivity index (χ0n) is 16.6. The number of hydrogen-bond acceptors (Lipinski definition) is 5. The zero-order valence-corrected chi connectivity index (χ0v) is 17.5. The van der Waals surface area contributed by atoms with Gasteiger partial charge in [0.2, 0.25) is 11.9 Å². The van der Waals surface area contributed by atoms with Crippen LogP contribution in [0, 0.1) is 0 Å². The summed E-state index contributed by atoms with van der Waals surface area (Å²) in [6.45, 7) is 4.84. The topological polar surface area (TPSA) is 67.2 Å². The quantitative estimate of drug-likeness (QED) is 0.649. The van der Waals surface area contributed by atoms with Crippen LogP contribution in [0.3, 0.4) is 0 Å². The molecule has 1 saturated heterocycles. The van der Waals surface area contributed by atoms with Crippen molar-refractivity contribution >= 4 is 33.4 Å². The Labute approximate surface area is 174 Å². The van der Waals surface area contributed by atoms with Crippen LogP contribution in [0.4, 0.5) is 5.95 Å². The fourth-order valence-corrected chi connectivity index (χ4v) is 4.54. The van der Waals surface area contributed by atoms with E-state index < -0.39 is 0 Å². The third-order valence-electron chi connectivity index (χ3n) is 5.47. The normalized spacial score (nSPS) is 15.0. The van der Waals surface area contributed by atoms with Crippen LogP contribution in [0.2, 0.25) is 0 Å². The van der Waals surface area contributed by atoms with E-state index in [0.29, 0.717) is 23.7 Å². The van der Waals surface area contributed by atoms with E-state index >= 15 is 0 Å². The summed E-state index contributed by atoms with van der Waals surface area (Å²) in [5, 5.41) is 4.90. The number of thiophene rings is 1. The van der Waals surface area contributed by atoms with Crippen molar-refractivity contribution in [2.45, 2.75) is 38.6 Å². The van der Waals surface area contributed by atoms with Crippen LogP contribution in [0.1, 0.15) is 37.7 Å². The Kier molecular flexibility index (Phi) is 5.94. The highest BCUT2D eigenvalue weighted by Crippen LogP contribution is 2.22. The van der Waals surface area contributed by atoms with Gasteiger partial charge in [-0.05, 0) is 35.8 Å². The molecule has 1 amide bonds. The van der Waals surface area contributed by atoms with Gasteiger partial charge in [-0.15, -0.1) is 11.3 Å². The van der Waals surface area contributed by atoms with Gasteiger partial charge in [-0.2, -0.15) is 0 Å². The second-order valence-electron chi connectivity index (χ2n) is 7.56. The maximum Gasteiger partial charge on any atom is 0.272 e. The molecule has 2 aromatic heterocycles. The van der Waals surface area contributed by atoms with Gasteiger partial charge in [-0.1, -0.05) is 37.3 Å². The van der Waals surface area contributed by atoms with Crippen LogP contribution in [0.15, 0.2) is 46.6 Å². The Morgan fingerprint density at radius 3 is 2.72 bits per heavy atom. The van der Waals surface area contributed by atoms with Gasteiger partial charge < -0.3 is 10.2 Å². The molecule has 0 bridgehead atoms. The molecule has 3 aromatic rings. The molecule has 1 fully saturated rings. The Bertz CT molecular complexity index is 1040. The van der Waals surface area contributed by atoms with Crippen LogP contribution in [-0.2, 0) is 11.3 Å². The number of anilines is 1. The minimum atomic E-state index is -0.0441. The van der Waals surface area contributed by atoms with Crippen LogP contribution >= 0.6 is 11.3 Å². The first-order valence-corrected chi connectivity index (χ1v) is 11.1. The van der Waals surface area contributed by atoms with E-state index in [1.165, 1.54) is 16.9 Å². The van der Waals surface area contributed by atoms with Gasteiger partial charge in [0, 0.05) is 32.6 Å². The van der Waals surface area contributed by atoms with E-state index in [-0.39, 0.29) is 23.8 Å². The molecule has 3 heterocycles. The molecule has 0 unspecified atom stereocenters. The summed E-state index contributed by atoms with van der Waals surface area (Å²) < 4.78 is 2.34. The molecule has 6 nitrogen and oxygen atoms in total. The van der Waals surface area contributed by atoms with Gasteiger partial charge >= 0.3 is 0 Å². The molecule has 7 heteroatoms. The molecule has 1 atom stereocenters. The first-order chi connectivity index (χ1) is 14.1. The molecule has 1 aromatic carbocycles. The third kappa shape index (κ3) is 4.34. The highest BCUT2D eigenvalue weighted by Gasteiger charge is 2.21. The SMILES string of the molecule is C[C@H](CNC(=O)CCn1c(N2CCCC2)nc2ccsc2c1=O)c1ccccc1. The summed E-state index contributed by atoms with van der Waals surface area (Å²) in [6, 6.07) is 12.0. The molecule has 29 heavy (non-hydrogen) atoms. The lowest BCUT2D eigenvalue weighted by Crippen LogP contribution is -2.33. The summed E-state index contributed by atoms with van der Waals surface area (Å²) in [4.78, 5) is 32.4. The van der Waals surface area contributed by atoms with Crippen molar-refractivity contribution in [3.63, 3.8) is 0 Å². The lowest BCUT2D eigenvalue weighted by atomic mass is 10.0. The van der Waals surface area contributed by atoms with Crippen LogP contribution in [-0.4, -0.2) is 35.1 Å². The van der Waals surface area contributed by atoms with Crippen molar-refractivity contribution in [1.82, 2.24) is 14.9 Å². The molecule has 0 aliphatic carbocycles. The first kappa shape index (κ1) is 19.6. The lowest BCUT2D eigenvalue weighted by Gasteiger charge is -2.21. The van der Waals surface area contributed by atoms with Crippen LogP contribution in [0.5, 0.6) is 0 Å². The molecule has 1 aliphatic heterocycles. The Balaban J connectivity index is 1.44. The second kappa shape index (κ2) is 8.78. The van der Waals surface area contributed by atoms with Crippen molar-refractivity contribution in [1.29, 1.82) is 0 Å². The van der Waals surface area contributed by atoms with Crippen molar-refractivity contribution < 1.29 is 4.79 Å². The monoisotopic (exact) mass is 410 g/mol. The molecular formula is C22H26N4O2S. The van der Waals surface area contributed by atoms with Crippen molar-refractivity contribution in [2.75, 3.05) is 24.5 Å². The van der Waals surface area contributed by atoms with Gasteiger partial charge in [0.15, 0.2) is 0 Å². The lowest BCUT2D eigenvalue weighted by molar-refractivity contribution is -0.121. The van der Waals surface area contributed by atoms with Gasteiger partial charge in [-0.3, -0.25) is 14.2 Å². The summed E-state index contributed by atoms with van der Waals surface area (Å²) in [6.07, 6.45) is 2.48. The molecule has 1 aliphatic rings. The number of carbonyl (C=O) groups is 1. The summed E-state index contributed by atoms with van der Waals surface area (Å²) in [7, 11) is 0. The number of hydrogen-bond donors (Lipinski definition) is 1. The van der Waals surface area contributed by atoms with E-state index in [1.807, 2.05) is 29.6 Å². The molecule has 1 N–H and O–H groups in total. The minimum absolute atomic E-state index is 0.0432. The van der Waals surface area contributed by atoms with Crippen molar-refractivity contribution in [3.05, 3.63) is 57.7 Å². The summed E-state index contributed by atoms with van der Waals surface area (Å²) in [5.41, 5.74) is 1.91.